The number of nitrogens with one attached hydrogen (secondary N) is 2. The first-order valence-corrected chi connectivity index (χ1v) is 9.71. The van der Waals surface area contributed by atoms with Gasteiger partial charge >= 0.3 is 6.03 Å². The molecule has 2 amide bonds. The van der Waals surface area contributed by atoms with Crippen LogP contribution in [0.1, 0.15) is 20.3 Å². The highest BCUT2D eigenvalue weighted by atomic mass is 32.2. The molecule has 0 saturated heterocycles. The maximum Gasteiger partial charge on any atom is 0.319 e. The van der Waals surface area contributed by atoms with Crippen LogP contribution >= 0.6 is 0 Å². The summed E-state index contributed by atoms with van der Waals surface area (Å²) in [6.07, 6.45) is 0.557. The lowest BCUT2D eigenvalue weighted by molar-refractivity contribution is 0.251. The largest absolute Gasteiger partial charge is 0.375 e. The topological polar surface area (TPSA) is 81.8 Å². The molecule has 7 nitrogen and oxygen atoms in total. The number of anilines is 2. The Hall–Kier alpha value is -1.80. The maximum absolute atomic E-state index is 11.9. The van der Waals surface area contributed by atoms with Crippen LogP contribution in [0.2, 0.25) is 0 Å². The van der Waals surface area contributed by atoms with Crippen molar-refractivity contribution in [3.8, 4) is 0 Å². The Bertz CT molecular complexity index is 634. The number of nitrogens with zero attached hydrogens (tertiary/aromatic N) is 2. The van der Waals surface area contributed by atoms with Gasteiger partial charge in [-0.3, -0.25) is 0 Å². The smallest absolute Gasteiger partial charge is 0.319 e. The van der Waals surface area contributed by atoms with Crippen LogP contribution in [0.4, 0.5) is 16.2 Å². The highest BCUT2D eigenvalue weighted by molar-refractivity contribution is 7.89. The molecule has 0 saturated carbocycles. The Morgan fingerprint density at radius 1 is 1.21 bits per heavy atom. The van der Waals surface area contributed by atoms with Crippen molar-refractivity contribution >= 4 is 27.4 Å². The minimum Gasteiger partial charge on any atom is -0.375 e. The average molecular weight is 356 g/mol. The molecule has 0 aromatic heterocycles. The van der Waals surface area contributed by atoms with E-state index in [1.807, 2.05) is 31.3 Å². The number of benzene rings is 1. The van der Waals surface area contributed by atoms with E-state index in [-0.39, 0.29) is 11.8 Å². The number of urea groups is 1. The average Bonchev–Trinajstić information content (AvgIpc) is 2.57. The fraction of sp³-hybridized carbons (Fsp3) is 0.562. The van der Waals surface area contributed by atoms with Gasteiger partial charge in [0, 0.05) is 45.1 Å². The highest BCUT2D eigenvalue weighted by Crippen LogP contribution is 2.17. The van der Waals surface area contributed by atoms with Gasteiger partial charge in [-0.05, 0) is 38.5 Å². The molecule has 0 unspecified atom stereocenters. The Morgan fingerprint density at radius 2 is 1.92 bits per heavy atom. The van der Waals surface area contributed by atoms with Crippen LogP contribution in [0.3, 0.4) is 0 Å². The van der Waals surface area contributed by atoms with Gasteiger partial charge in [-0.25, -0.2) is 17.5 Å². The third-order valence-electron chi connectivity index (χ3n) is 3.79. The van der Waals surface area contributed by atoms with Crippen LogP contribution in [0, 0.1) is 0 Å². The Kier molecular flexibility index (Phi) is 8.00. The van der Waals surface area contributed by atoms with Crippen LogP contribution in [0.25, 0.3) is 0 Å². The van der Waals surface area contributed by atoms with Gasteiger partial charge in [0.05, 0.1) is 5.75 Å². The zero-order valence-electron chi connectivity index (χ0n) is 14.9. The third-order valence-corrected chi connectivity index (χ3v) is 5.66. The minimum atomic E-state index is -3.16. The molecule has 0 aliphatic rings. The first-order valence-electron chi connectivity index (χ1n) is 8.10. The summed E-state index contributed by atoms with van der Waals surface area (Å²) in [6, 6.07) is 7.31. The summed E-state index contributed by atoms with van der Waals surface area (Å²) in [5.74, 6) is 0.0833. The van der Waals surface area contributed by atoms with Crippen LogP contribution in [-0.2, 0) is 10.0 Å². The fourth-order valence-electron chi connectivity index (χ4n) is 2.04. The lowest BCUT2D eigenvalue weighted by atomic mass is 10.2. The molecule has 0 heterocycles. The van der Waals surface area contributed by atoms with Crippen molar-refractivity contribution in [2.75, 3.05) is 49.7 Å². The molecule has 0 atom stereocenters. The lowest BCUT2D eigenvalue weighted by Gasteiger charge is -2.18. The number of carbonyl (C=O) groups is 1. The molecule has 8 heteroatoms. The van der Waals surface area contributed by atoms with Gasteiger partial charge in [-0.2, -0.15) is 0 Å². The predicted octanol–water partition coefficient (Wildman–Crippen LogP) is 1.94. The summed E-state index contributed by atoms with van der Waals surface area (Å²) in [5, 5.41) is 5.52. The molecule has 24 heavy (non-hydrogen) atoms. The molecule has 0 spiro atoms. The van der Waals surface area contributed by atoms with Crippen LogP contribution in [-0.4, -0.2) is 58.2 Å². The number of amides is 2. The molecule has 1 aromatic carbocycles. The van der Waals surface area contributed by atoms with Crippen LogP contribution < -0.4 is 15.5 Å². The van der Waals surface area contributed by atoms with E-state index >= 15 is 0 Å². The van der Waals surface area contributed by atoms with Gasteiger partial charge in [0.1, 0.15) is 0 Å². The second kappa shape index (κ2) is 9.48. The minimum absolute atomic E-state index is 0.0833. The van der Waals surface area contributed by atoms with Crippen molar-refractivity contribution < 1.29 is 13.2 Å². The molecular weight excluding hydrogens is 328 g/mol. The number of carbonyl (C=O) groups excluding carboxylic acids is 1. The van der Waals surface area contributed by atoms with Crippen molar-refractivity contribution in [2.24, 2.45) is 0 Å². The van der Waals surface area contributed by atoms with Gasteiger partial charge in [-0.1, -0.05) is 6.07 Å². The van der Waals surface area contributed by atoms with E-state index < -0.39 is 10.0 Å². The van der Waals surface area contributed by atoms with E-state index in [0.717, 1.165) is 17.9 Å². The molecule has 1 rings (SSSR count). The van der Waals surface area contributed by atoms with Gasteiger partial charge in [-0.15, -0.1) is 0 Å². The van der Waals surface area contributed by atoms with Crippen LogP contribution in [0.15, 0.2) is 24.3 Å². The quantitative estimate of drug-likeness (QED) is 0.663. The second-order valence-electron chi connectivity index (χ2n) is 5.52. The summed E-state index contributed by atoms with van der Waals surface area (Å²) in [6.45, 7) is 5.34. The van der Waals surface area contributed by atoms with Crippen molar-refractivity contribution in [1.82, 2.24) is 9.62 Å². The molecule has 1 aromatic rings. The number of rotatable bonds is 9. The molecule has 0 aliphatic heterocycles. The first-order chi connectivity index (χ1) is 11.3. The molecule has 0 bridgehead atoms. The van der Waals surface area contributed by atoms with E-state index in [2.05, 4.69) is 22.5 Å². The van der Waals surface area contributed by atoms with Crippen LogP contribution in [0.5, 0.6) is 0 Å². The standard InChI is InChI=1S/C16H28N4O3S/c1-5-19(3)15-10-7-9-14(13-15)18-16(21)17-11-8-12-20(4)24(22,23)6-2/h7,9-10,13H,5-6,8,11-12H2,1-4H3,(H2,17,18,21). The summed E-state index contributed by atoms with van der Waals surface area (Å²) >= 11 is 0. The molecule has 0 fully saturated rings. The predicted molar refractivity (Wildman–Crippen MR) is 99.1 cm³/mol. The van der Waals surface area contributed by atoms with Crippen molar-refractivity contribution in [3.63, 3.8) is 0 Å². The van der Waals surface area contributed by atoms with E-state index in [1.165, 1.54) is 4.31 Å². The lowest BCUT2D eigenvalue weighted by Crippen LogP contribution is -2.34. The van der Waals surface area contributed by atoms with Gasteiger partial charge in [0.2, 0.25) is 10.0 Å². The zero-order valence-corrected chi connectivity index (χ0v) is 15.7. The summed E-state index contributed by atoms with van der Waals surface area (Å²) in [5.41, 5.74) is 1.75. The number of hydrogen-bond acceptors (Lipinski definition) is 4. The molecule has 0 radical (unpaired) electrons. The normalized spacial score (nSPS) is 11.4. The van der Waals surface area contributed by atoms with Crippen molar-refractivity contribution in [1.29, 1.82) is 0 Å². The summed E-state index contributed by atoms with van der Waals surface area (Å²) in [7, 11) is 0.374. The third kappa shape index (κ3) is 6.37. The van der Waals surface area contributed by atoms with Gasteiger partial charge in [0.25, 0.3) is 0 Å². The van der Waals surface area contributed by atoms with E-state index in [1.54, 1.807) is 14.0 Å². The monoisotopic (exact) mass is 356 g/mol. The molecule has 2 N–H and O–H groups in total. The van der Waals surface area contributed by atoms with E-state index in [4.69, 9.17) is 0 Å². The second-order valence-corrected chi connectivity index (χ2v) is 7.89. The highest BCUT2D eigenvalue weighted by Gasteiger charge is 2.14. The summed E-state index contributed by atoms with van der Waals surface area (Å²) in [4.78, 5) is 14.0. The van der Waals surface area contributed by atoms with E-state index in [9.17, 15) is 13.2 Å². The first kappa shape index (κ1) is 20.2. The molecule has 0 aliphatic carbocycles. The molecule has 136 valence electrons. The fourth-order valence-corrected chi connectivity index (χ4v) is 2.89. The Morgan fingerprint density at radius 3 is 2.54 bits per heavy atom. The number of hydrogen-bond donors (Lipinski definition) is 2. The summed E-state index contributed by atoms with van der Waals surface area (Å²) < 4.78 is 24.5. The van der Waals surface area contributed by atoms with Gasteiger partial charge in [0.15, 0.2) is 0 Å². The van der Waals surface area contributed by atoms with Crippen molar-refractivity contribution in [3.05, 3.63) is 24.3 Å². The van der Waals surface area contributed by atoms with E-state index in [0.29, 0.717) is 19.5 Å². The zero-order chi connectivity index (χ0) is 18.2. The van der Waals surface area contributed by atoms with Crippen molar-refractivity contribution in [2.45, 2.75) is 20.3 Å². The van der Waals surface area contributed by atoms with Gasteiger partial charge < -0.3 is 15.5 Å². The molecular formula is C16H28N4O3S. The Labute approximate surface area is 145 Å². The Balaban J connectivity index is 2.40. The number of sulfonamides is 1. The maximum atomic E-state index is 11.9. The SMILES string of the molecule is CCN(C)c1cccc(NC(=O)NCCCN(C)S(=O)(=O)CC)c1.